The van der Waals surface area contributed by atoms with Gasteiger partial charge in [-0.1, -0.05) is 35.4 Å². The van der Waals surface area contributed by atoms with Crippen LogP contribution in [0.25, 0.3) is 0 Å². The first-order valence-electron chi connectivity index (χ1n) is 7.83. The molecule has 1 heterocycles. The van der Waals surface area contributed by atoms with Gasteiger partial charge in [0.15, 0.2) is 0 Å². The quantitative estimate of drug-likeness (QED) is 0.822. The van der Waals surface area contributed by atoms with E-state index in [9.17, 15) is 4.79 Å². The lowest BCUT2D eigenvalue weighted by Crippen LogP contribution is -2.37. The van der Waals surface area contributed by atoms with E-state index in [-0.39, 0.29) is 18.6 Å². The molecule has 0 saturated heterocycles. The highest BCUT2D eigenvalue weighted by molar-refractivity contribution is 5.78. The van der Waals surface area contributed by atoms with Crippen molar-refractivity contribution in [2.75, 3.05) is 20.3 Å². The second kappa shape index (κ2) is 7.88. The molecule has 122 valence electrons. The van der Waals surface area contributed by atoms with E-state index in [1.807, 2.05) is 30.2 Å². The Morgan fingerprint density at radius 2 is 1.91 bits per heavy atom. The summed E-state index contributed by atoms with van der Waals surface area (Å²) < 4.78 is 5.05. The van der Waals surface area contributed by atoms with Crippen LogP contribution in [0.4, 0.5) is 0 Å². The number of likely N-dealkylation sites (N-methyl/N-ethyl adjacent to an activating group) is 1. The second-order valence-corrected chi connectivity index (χ2v) is 5.72. The van der Waals surface area contributed by atoms with Gasteiger partial charge in [-0.15, -0.1) is 0 Å². The van der Waals surface area contributed by atoms with Crippen molar-refractivity contribution in [3.05, 3.63) is 65.0 Å². The molecule has 0 fully saturated rings. The van der Waals surface area contributed by atoms with Gasteiger partial charge in [-0.2, -0.15) is 0 Å². The van der Waals surface area contributed by atoms with Crippen LogP contribution in [-0.4, -0.2) is 36.1 Å². The van der Waals surface area contributed by atoms with E-state index in [1.54, 1.807) is 13.3 Å². The van der Waals surface area contributed by atoms with Crippen molar-refractivity contribution in [3.63, 3.8) is 0 Å². The maximum Gasteiger partial charge on any atom is 0.249 e. The second-order valence-electron chi connectivity index (χ2n) is 5.72. The van der Waals surface area contributed by atoms with Gasteiger partial charge in [0, 0.05) is 26.0 Å². The number of amides is 1. The summed E-state index contributed by atoms with van der Waals surface area (Å²) in [4.78, 5) is 18.6. The summed E-state index contributed by atoms with van der Waals surface area (Å²) in [6.45, 7) is 6.82. The number of aryl methyl sites for hydroxylation is 2. The van der Waals surface area contributed by atoms with Crippen molar-refractivity contribution < 1.29 is 9.53 Å². The van der Waals surface area contributed by atoms with Crippen LogP contribution in [0.1, 0.15) is 35.2 Å². The number of nitrogens with zero attached hydrogens (tertiary/aromatic N) is 2. The first-order valence-corrected chi connectivity index (χ1v) is 7.83. The van der Waals surface area contributed by atoms with E-state index in [0.29, 0.717) is 6.54 Å². The minimum absolute atomic E-state index is 0.0250. The van der Waals surface area contributed by atoms with Crippen molar-refractivity contribution in [2.24, 2.45) is 0 Å². The molecular weight excluding hydrogens is 288 g/mol. The summed E-state index contributed by atoms with van der Waals surface area (Å²) >= 11 is 0. The molecule has 4 heteroatoms. The van der Waals surface area contributed by atoms with Gasteiger partial charge < -0.3 is 9.64 Å². The molecule has 2 rings (SSSR count). The molecule has 4 nitrogen and oxygen atoms in total. The Morgan fingerprint density at radius 3 is 2.43 bits per heavy atom. The third-order valence-corrected chi connectivity index (χ3v) is 3.80. The minimum Gasteiger partial charge on any atom is -0.375 e. The fraction of sp³-hybridized carbons (Fsp3) is 0.368. The summed E-state index contributed by atoms with van der Waals surface area (Å²) in [5.41, 5.74) is 4.47. The van der Waals surface area contributed by atoms with Crippen LogP contribution in [0.15, 0.2) is 42.7 Å². The molecule has 0 N–H and O–H groups in total. The third kappa shape index (κ3) is 4.17. The highest BCUT2D eigenvalue weighted by Crippen LogP contribution is 2.29. The lowest BCUT2D eigenvalue weighted by molar-refractivity contribution is -0.136. The van der Waals surface area contributed by atoms with E-state index in [4.69, 9.17) is 4.74 Å². The molecule has 0 radical (unpaired) electrons. The Morgan fingerprint density at radius 1 is 1.22 bits per heavy atom. The smallest absolute Gasteiger partial charge is 0.249 e. The molecule has 1 atom stereocenters. The highest BCUT2D eigenvalue weighted by atomic mass is 16.5. The third-order valence-electron chi connectivity index (χ3n) is 3.80. The molecule has 1 amide bonds. The van der Waals surface area contributed by atoms with Crippen molar-refractivity contribution in [1.82, 2.24) is 9.88 Å². The summed E-state index contributed by atoms with van der Waals surface area (Å²) in [6, 6.07) is 10.2. The van der Waals surface area contributed by atoms with Crippen LogP contribution in [0.5, 0.6) is 0 Å². The molecule has 1 aromatic heterocycles. The molecule has 2 aromatic rings. The lowest BCUT2D eigenvalue weighted by Gasteiger charge is -2.32. The Labute approximate surface area is 138 Å². The number of methoxy groups -OCH3 is 1. The average Bonchev–Trinajstić information content (AvgIpc) is 2.52. The zero-order valence-corrected chi connectivity index (χ0v) is 14.2. The number of rotatable bonds is 6. The predicted octanol–water partition coefficient (Wildman–Crippen LogP) is 3.28. The van der Waals surface area contributed by atoms with Crippen LogP contribution < -0.4 is 0 Å². The molecule has 23 heavy (non-hydrogen) atoms. The largest absolute Gasteiger partial charge is 0.375 e. The number of benzene rings is 1. The molecular formula is C19H24N2O2. The number of pyridine rings is 1. The van der Waals surface area contributed by atoms with E-state index in [0.717, 1.165) is 11.1 Å². The molecule has 0 bridgehead atoms. The standard InChI is InChI=1S/C19H24N2O2/c1-5-21(18(22)13-23-4)19(16-7-6-8-20-12-16)17-10-14(2)9-15(3)11-17/h6-12,19H,5,13H2,1-4H3/t19-/m1/s1. The minimum atomic E-state index is -0.157. The van der Waals surface area contributed by atoms with Gasteiger partial charge >= 0.3 is 0 Å². The van der Waals surface area contributed by atoms with Crippen molar-refractivity contribution in [1.29, 1.82) is 0 Å². The number of aromatic nitrogens is 1. The van der Waals surface area contributed by atoms with Crippen LogP contribution in [0.3, 0.4) is 0 Å². The van der Waals surface area contributed by atoms with Crippen molar-refractivity contribution >= 4 is 5.91 Å². The van der Waals surface area contributed by atoms with Gasteiger partial charge in [-0.3, -0.25) is 9.78 Å². The van der Waals surface area contributed by atoms with Crippen molar-refractivity contribution in [3.8, 4) is 0 Å². The number of carbonyl (C=O) groups excluding carboxylic acids is 1. The van der Waals surface area contributed by atoms with Crippen LogP contribution in [0.2, 0.25) is 0 Å². The number of hydrogen-bond donors (Lipinski definition) is 0. The zero-order chi connectivity index (χ0) is 16.8. The Kier molecular flexibility index (Phi) is 5.88. The summed E-state index contributed by atoms with van der Waals surface area (Å²) in [5.74, 6) is -0.0250. The summed E-state index contributed by atoms with van der Waals surface area (Å²) in [6.07, 6.45) is 3.57. The van der Waals surface area contributed by atoms with E-state index in [2.05, 4.69) is 37.0 Å². The molecule has 0 aliphatic carbocycles. The normalized spacial score (nSPS) is 12.0. The Hall–Kier alpha value is -2.20. The van der Waals surface area contributed by atoms with Gasteiger partial charge in [-0.25, -0.2) is 0 Å². The van der Waals surface area contributed by atoms with Crippen LogP contribution in [0, 0.1) is 13.8 Å². The van der Waals surface area contributed by atoms with Crippen LogP contribution in [-0.2, 0) is 9.53 Å². The number of carbonyl (C=O) groups is 1. The Bertz CT molecular complexity index is 635. The van der Waals surface area contributed by atoms with Gasteiger partial charge in [0.2, 0.25) is 5.91 Å². The average molecular weight is 312 g/mol. The van der Waals surface area contributed by atoms with E-state index < -0.39 is 0 Å². The molecule has 0 spiro atoms. The van der Waals surface area contributed by atoms with Gasteiger partial charge in [-0.05, 0) is 38.0 Å². The maximum absolute atomic E-state index is 12.5. The van der Waals surface area contributed by atoms with Crippen LogP contribution >= 0.6 is 0 Å². The predicted molar refractivity (Wildman–Crippen MR) is 91.3 cm³/mol. The summed E-state index contributed by atoms with van der Waals surface area (Å²) in [7, 11) is 1.54. The SMILES string of the molecule is CCN(C(=O)COC)[C@H](c1cccnc1)c1cc(C)cc(C)c1. The molecule has 0 aliphatic rings. The topological polar surface area (TPSA) is 42.4 Å². The van der Waals surface area contributed by atoms with Crippen molar-refractivity contribution in [2.45, 2.75) is 26.8 Å². The van der Waals surface area contributed by atoms with Gasteiger partial charge in [0.1, 0.15) is 6.61 Å². The Balaban J connectivity index is 2.53. The lowest BCUT2D eigenvalue weighted by atomic mass is 9.95. The number of ether oxygens (including phenoxy) is 1. The van der Waals surface area contributed by atoms with E-state index in [1.165, 1.54) is 11.1 Å². The fourth-order valence-electron chi connectivity index (χ4n) is 2.97. The summed E-state index contributed by atoms with van der Waals surface area (Å²) in [5, 5.41) is 0. The number of hydrogen-bond acceptors (Lipinski definition) is 3. The molecule has 0 saturated carbocycles. The first kappa shape index (κ1) is 17.2. The highest BCUT2D eigenvalue weighted by Gasteiger charge is 2.26. The molecule has 0 unspecified atom stereocenters. The molecule has 0 aliphatic heterocycles. The first-order chi connectivity index (χ1) is 11.1. The monoisotopic (exact) mass is 312 g/mol. The fourth-order valence-corrected chi connectivity index (χ4v) is 2.97. The maximum atomic E-state index is 12.5. The van der Waals surface area contributed by atoms with Gasteiger partial charge in [0.25, 0.3) is 0 Å². The molecule has 1 aromatic carbocycles. The zero-order valence-electron chi connectivity index (χ0n) is 14.2. The van der Waals surface area contributed by atoms with Gasteiger partial charge in [0.05, 0.1) is 6.04 Å². The van der Waals surface area contributed by atoms with E-state index >= 15 is 0 Å².